The summed E-state index contributed by atoms with van der Waals surface area (Å²) in [7, 11) is 0. The molecule has 0 bridgehead atoms. The lowest BCUT2D eigenvalue weighted by molar-refractivity contribution is 0.890. The van der Waals surface area contributed by atoms with Crippen LogP contribution in [0.3, 0.4) is 0 Å². The molecule has 15 heavy (non-hydrogen) atoms. The summed E-state index contributed by atoms with van der Waals surface area (Å²) in [4.78, 5) is 2.51. The van der Waals surface area contributed by atoms with Gasteiger partial charge in [-0.3, -0.25) is 0 Å². The van der Waals surface area contributed by atoms with Crippen LogP contribution in [0.25, 0.3) is 0 Å². The highest BCUT2D eigenvalue weighted by molar-refractivity contribution is 9.10. The van der Waals surface area contributed by atoms with Gasteiger partial charge in [-0.05, 0) is 50.8 Å². The van der Waals surface area contributed by atoms with Gasteiger partial charge in [0, 0.05) is 14.2 Å². The van der Waals surface area contributed by atoms with Crippen molar-refractivity contribution in [1.29, 1.82) is 0 Å². The van der Waals surface area contributed by atoms with E-state index in [4.69, 9.17) is 5.73 Å². The maximum Gasteiger partial charge on any atom is 0.0754 e. The van der Waals surface area contributed by atoms with Crippen molar-refractivity contribution < 1.29 is 0 Å². The first-order valence-corrected chi connectivity index (χ1v) is 7.34. The summed E-state index contributed by atoms with van der Waals surface area (Å²) in [6, 6.07) is 4.25. The smallest absolute Gasteiger partial charge is 0.0754 e. The van der Waals surface area contributed by atoms with E-state index >= 15 is 0 Å². The molecule has 0 aromatic carbocycles. The molecule has 1 nitrogen and oxygen atoms in total. The Hall–Kier alpha value is -0.160. The fourth-order valence-electron chi connectivity index (χ4n) is 1.56. The van der Waals surface area contributed by atoms with Crippen molar-refractivity contribution in [2.45, 2.75) is 19.4 Å². The lowest BCUT2D eigenvalue weighted by Crippen LogP contribution is -2.10. The molecule has 1 atom stereocenters. The molecule has 4 heteroatoms. The molecule has 0 radical (unpaired) electrons. The SMILES string of the molecule is CCc1ccsc1C(N)c1sccc1Br. The third-order valence-electron chi connectivity index (χ3n) is 2.37. The van der Waals surface area contributed by atoms with Gasteiger partial charge in [0.05, 0.1) is 6.04 Å². The van der Waals surface area contributed by atoms with E-state index in [0.717, 1.165) is 10.9 Å². The van der Waals surface area contributed by atoms with Gasteiger partial charge in [-0.1, -0.05) is 6.92 Å². The molecule has 0 aliphatic heterocycles. The molecule has 2 rings (SSSR count). The van der Waals surface area contributed by atoms with Gasteiger partial charge in [0.15, 0.2) is 0 Å². The number of hydrogen-bond donors (Lipinski definition) is 1. The lowest BCUT2D eigenvalue weighted by atomic mass is 10.1. The van der Waals surface area contributed by atoms with Gasteiger partial charge in [-0.25, -0.2) is 0 Å². The first-order valence-electron chi connectivity index (χ1n) is 4.78. The summed E-state index contributed by atoms with van der Waals surface area (Å²) in [6.45, 7) is 2.17. The predicted octanol–water partition coefficient (Wildman–Crippen LogP) is 4.18. The zero-order chi connectivity index (χ0) is 10.8. The Morgan fingerprint density at radius 1 is 1.27 bits per heavy atom. The van der Waals surface area contributed by atoms with Crippen LogP contribution in [0.2, 0.25) is 0 Å². The van der Waals surface area contributed by atoms with E-state index in [1.54, 1.807) is 22.7 Å². The number of thiophene rings is 2. The minimum absolute atomic E-state index is 0.0225. The van der Waals surface area contributed by atoms with Gasteiger partial charge in [0.1, 0.15) is 0 Å². The minimum atomic E-state index is 0.0225. The largest absolute Gasteiger partial charge is 0.319 e. The van der Waals surface area contributed by atoms with Gasteiger partial charge in [-0.2, -0.15) is 0 Å². The van der Waals surface area contributed by atoms with Crippen molar-refractivity contribution >= 4 is 38.6 Å². The van der Waals surface area contributed by atoms with Crippen molar-refractivity contribution in [3.8, 4) is 0 Å². The molecule has 0 aliphatic carbocycles. The van der Waals surface area contributed by atoms with Crippen LogP contribution in [-0.4, -0.2) is 0 Å². The Bertz CT molecular complexity index is 447. The van der Waals surface area contributed by atoms with Crippen molar-refractivity contribution in [1.82, 2.24) is 0 Å². The molecular formula is C11H12BrNS2. The van der Waals surface area contributed by atoms with Gasteiger partial charge < -0.3 is 5.73 Å². The van der Waals surface area contributed by atoms with E-state index in [0.29, 0.717) is 0 Å². The fourth-order valence-corrected chi connectivity index (χ4v) is 4.27. The molecule has 2 aromatic rings. The van der Waals surface area contributed by atoms with Crippen LogP contribution < -0.4 is 5.73 Å². The van der Waals surface area contributed by atoms with Crippen molar-refractivity contribution in [2.75, 3.05) is 0 Å². The molecule has 0 saturated carbocycles. The molecular weight excluding hydrogens is 290 g/mol. The Balaban J connectivity index is 2.36. The van der Waals surface area contributed by atoms with Crippen LogP contribution in [-0.2, 0) is 6.42 Å². The third kappa shape index (κ3) is 2.18. The summed E-state index contributed by atoms with van der Waals surface area (Å²) in [5.74, 6) is 0. The van der Waals surface area contributed by atoms with Crippen molar-refractivity contribution in [3.05, 3.63) is 42.7 Å². The van der Waals surface area contributed by atoms with Gasteiger partial charge in [-0.15, -0.1) is 22.7 Å². The van der Waals surface area contributed by atoms with Gasteiger partial charge >= 0.3 is 0 Å². The zero-order valence-corrected chi connectivity index (χ0v) is 11.6. The highest BCUT2D eigenvalue weighted by Gasteiger charge is 2.17. The van der Waals surface area contributed by atoms with Crippen molar-refractivity contribution in [3.63, 3.8) is 0 Å². The molecule has 2 aromatic heterocycles. The summed E-state index contributed by atoms with van der Waals surface area (Å²) in [5.41, 5.74) is 7.64. The Morgan fingerprint density at radius 3 is 2.53 bits per heavy atom. The van der Waals surface area contributed by atoms with Crippen LogP contribution in [0.4, 0.5) is 0 Å². The molecule has 2 N–H and O–H groups in total. The Labute approximate surface area is 106 Å². The number of aryl methyl sites for hydroxylation is 1. The number of rotatable bonds is 3. The van der Waals surface area contributed by atoms with E-state index in [-0.39, 0.29) is 6.04 Å². The number of hydrogen-bond acceptors (Lipinski definition) is 3. The zero-order valence-electron chi connectivity index (χ0n) is 8.37. The molecule has 1 unspecified atom stereocenters. The molecule has 0 spiro atoms. The number of nitrogens with two attached hydrogens (primary N) is 1. The van der Waals surface area contributed by atoms with E-state index in [9.17, 15) is 0 Å². The monoisotopic (exact) mass is 301 g/mol. The molecule has 0 amide bonds. The van der Waals surface area contributed by atoms with Crippen LogP contribution in [0.15, 0.2) is 27.4 Å². The average Bonchev–Trinajstić information content (AvgIpc) is 2.84. The van der Waals surface area contributed by atoms with Crippen LogP contribution in [0.1, 0.15) is 28.3 Å². The van der Waals surface area contributed by atoms with Crippen LogP contribution in [0.5, 0.6) is 0 Å². The number of halogens is 1. The topological polar surface area (TPSA) is 26.0 Å². The maximum absolute atomic E-state index is 6.27. The second-order valence-electron chi connectivity index (χ2n) is 3.27. The highest BCUT2D eigenvalue weighted by atomic mass is 79.9. The van der Waals surface area contributed by atoms with Gasteiger partial charge in [0.25, 0.3) is 0 Å². The van der Waals surface area contributed by atoms with E-state index in [1.807, 2.05) is 0 Å². The predicted molar refractivity (Wildman–Crippen MR) is 71.7 cm³/mol. The first kappa shape index (κ1) is 11.3. The first-order chi connectivity index (χ1) is 7.24. The van der Waals surface area contributed by atoms with E-state index in [1.165, 1.54) is 15.3 Å². The lowest BCUT2D eigenvalue weighted by Gasteiger charge is -2.10. The van der Waals surface area contributed by atoms with E-state index < -0.39 is 0 Å². The summed E-state index contributed by atoms with van der Waals surface area (Å²) in [5, 5.41) is 4.19. The van der Waals surface area contributed by atoms with Gasteiger partial charge in [0.2, 0.25) is 0 Å². The average molecular weight is 302 g/mol. The van der Waals surface area contributed by atoms with Crippen LogP contribution >= 0.6 is 38.6 Å². The molecule has 0 aliphatic rings. The Morgan fingerprint density at radius 2 is 1.93 bits per heavy atom. The minimum Gasteiger partial charge on any atom is -0.319 e. The van der Waals surface area contributed by atoms with Crippen molar-refractivity contribution in [2.24, 2.45) is 5.73 Å². The summed E-state index contributed by atoms with van der Waals surface area (Å²) >= 11 is 6.99. The third-order valence-corrected chi connectivity index (χ3v) is 5.37. The second kappa shape index (κ2) is 4.78. The normalized spacial score (nSPS) is 13.0. The molecule has 0 fully saturated rings. The molecule has 80 valence electrons. The van der Waals surface area contributed by atoms with E-state index in [2.05, 4.69) is 45.7 Å². The summed E-state index contributed by atoms with van der Waals surface area (Å²) < 4.78 is 1.12. The van der Waals surface area contributed by atoms with Crippen LogP contribution in [0, 0.1) is 0 Å². The highest BCUT2D eigenvalue weighted by Crippen LogP contribution is 2.35. The quantitative estimate of drug-likeness (QED) is 0.904. The fraction of sp³-hybridized carbons (Fsp3) is 0.273. The molecule has 0 saturated heterocycles. The Kier molecular flexibility index (Phi) is 3.61. The standard InChI is InChI=1S/C11H12BrNS2/c1-2-7-3-5-14-10(7)9(13)11-8(12)4-6-15-11/h3-6,9H,2,13H2,1H3. The second-order valence-corrected chi connectivity index (χ2v) is 6.02. The summed E-state index contributed by atoms with van der Waals surface area (Å²) in [6.07, 6.45) is 1.05. The molecule has 2 heterocycles. The maximum atomic E-state index is 6.27.